The largest absolute Gasteiger partial charge is 0.481 e. The van der Waals surface area contributed by atoms with Crippen LogP contribution in [0.15, 0.2) is 30.3 Å². The fraction of sp³-hybridized carbons (Fsp3) is 0.464. The van der Waals surface area contributed by atoms with Crippen LogP contribution in [0.3, 0.4) is 0 Å². The van der Waals surface area contributed by atoms with Gasteiger partial charge in [0.25, 0.3) is 5.91 Å². The molecule has 1 heterocycles. The van der Waals surface area contributed by atoms with E-state index in [0.29, 0.717) is 36.4 Å². The van der Waals surface area contributed by atoms with Gasteiger partial charge in [0.15, 0.2) is 0 Å². The lowest BCUT2D eigenvalue weighted by Crippen LogP contribution is -2.45. The molecule has 7 nitrogen and oxygen atoms in total. The van der Waals surface area contributed by atoms with Gasteiger partial charge in [-0.05, 0) is 71.0 Å². The van der Waals surface area contributed by atoms with E-state index in [2.05, 4.69) is 5.32 Å². The zero-order valence-electron chi connectivity index (χ0n) is 21.0. The van der Waals surface area contributed by atoms with Crippen molar-refractivity contribution >= 4 is 23.5 Å². The SMILES string of the molecule is COCc1ccc2c(c1)CCN(C(=O)CCCC(=O)O)[C@H]2C(=O)Nc1cc(F)c2c(c1)CCC2(C)C. The fourth-order valence-corrected chi connectivity index (χ4v) is 5.50. The lowest BCUT2D eigenvalue weighted by atomic mass is 9.86. The topological polar surface area (TPSA) is 95.9 Å². The number of hydrogen-bond acceptors (Lipinski definition) is 4. The highest BCUT2D eigenvalue weighted by Crippen LogP contribution is 2.41. The van der Waals surface area contributed by atoms with Crippen LogP contribution < -0.4 is 5.32 Å². The van der Waals surface area contributed by atoms with Gasteiger partial charge in [-0.25, -0.2) is 4.39 Å². The van der Waals surface area contributed by atoms with Gasteiger partial charge in [0.2, 0.25) is 5.91 Å². The number of nitrogens with zero attached hydrogens (tertiary/aromatic N) is 1. The van der Waals surface area contributed by atoms with E-state index in [1.807, 2.05) is 38.1 Å². The highest BCUT2D eigenvalue weighted by atomic mass is 19.1. The van der Waals surface area contributed by atoms with Crippen LogP contribution >= 0.6 is 0 Å². The molecule has 4 rings (SSSR count). The lowest BCUT2D eigenvalue weighted by molar-refractivity contribution is -0.140. The van der Waals surface area contributed by atoms with Gasteiger partial charge in [-0.3, -0.25) is 14.4 Å². The van der Waals surface area contributed by atoms with E-state index in [1.54, 1.807) is 7.11 Å². The molecule has 0 fully saturated rings. The van der Waals surface area contributed by atoms with Crippen molar-refractivity contribution in [2.24, 2.45) is 0 Å². The van der Waals surface area contributed by atoms with E-state index in [4.69, 9.17) is 9.84 Å². The third-order valence-electron chi connectivity index (χ3n) is 7.23. The molecule has 2 aliphatic rings. The van der Waals surface area contributed by atoms with Gasteiger partial charge in [-0.1, -0.05) is 32.0 Å². The van der Waals surface area contributed by atoms with Gasteiger partial charge < -0.3 is 20.1 Å². The minimum Gasteiger partial charge on any atom is -0.481 e. The molecule has 1 aliphatic heterocycles. The molecule has 2 aromatic rings. The number of fused-ring (bicyclic) bond motifs is 2. The molecular weight excluding hydrogens is 463 g/mol. The Bertz CT molecular complexity index is 1190. The predicted octanol–water partition coefficient (Wildman–Crippen LogP) is 4.52. The number of carbonyl (C=O) groups excluding carboxylic acids is 2. The van der Waals surface area contributed by atoms with Crippen LogP contribution in [0.5, 0.6) is 0 Å². The number of carboxylic acids is 1. The summed E-state index contributed by atoms with van der Waals surface area (Å²) in [5.74, 6) is -1.99. The number of halogens is 1. The van der Waals surface area contributed by atoms with Crippen molar-refractivity contribution in [3.8, 4) is 0 Å². The quantitative estimate of drug-likeness (QED) is 0.561. The average Bonchev–Trinajstić information content (AvgIpc) is 3.12. The number of methoxy groups -OCH3 is 1. The molecule has 2 N–H and O–H groups in total. The first-order valence-corrected chi connectivity index (χ1v) is 12.4. The van der Waals surface area contributed by atoms with Gasteiger partial charge in [-0.15, -0.1) is 0 Å². The second-order valence-corrected chi connectivity index (χ2v) is 10.3. The Labute approximate surface area is 210 Å². The summed E-state index contributed by atoms with van der Waals surface area (Å²) in [5, 5.41) is 11.8. The molecule has 0 bridgehead atoms. The Kier molecular flexibility index (Phi) is 7.45. The summed E-state index contributed by atoms with van der Waals surface area (Å²) in [4.78, 5) is 39.1. The van der Waals surface area contributed by atoms with Crippen LogP contribution in [0, 0.1) is 5.82 Å². The highest BCUT2D eigenvalue weighted by molar-refractivity contribution is 5.98. The number of rotatable bonds is 8. The Morgan fingerprint density at radius 2 is 1.92 bits per heavy atom. The molecule has 1 aliphatic carbocycles. The minimum absolute atomic E-state index is 0.0374. The zero-order valence-corrected chi connectivity index (χ0v) is 21.0. The molecule has 0 unspecified atom stereocenters. The number of hydrogen-bond donors (Lipinski definition) is 2. The van der Waals surface area contributed by atoms with Crippen molar-refractivity contribution in [3.63, 3.8) is 0 Å². The number of benzene rings is 2. The number of carbonyl (C=O) groups is 3. The van der Waals surface area contributed by atoms with E-state index in [-0.39, 0.29) is 36.4 Å². The molecule has 0 saturated carbocycles. The molecule has 0 aromatic heterocycles. The van der Waals surface area contributed by atoms with Crippen molar-refractivity contribution in [2.45, 2.75) is 70.4 Å². The minimum atomic E-state index is -0.964. The van der Waals surface area contributed by atoms with Gasteiger partial charge in [0.1, 0.15) is 11.9 Å². The second kappa shape index (κ2) is 10.4. The maximum atomic E-state index is 15.0. The molecule has 0 saturated heterocycles. The summed E-state index contributed by atoms with van der Waals surface area (Å²) in [6.07, 6.45) is 2.28. The first-order chi connectivity index (χ1) is 17.1. The van der Waals surface area contributed by atoms with E-state index >= 15 is 4.39 Å². The van der Waals surface area contributed by atoms with Crippen molar-refractivity contribution in [2.75, 3.05) is 19.0 Å². The van der Waals surface area contributed by atoms with Gasteiger partial charge in [-0.2, -0.15) is 0 Å². The number of aliphatic carboxylic acids is 1. The number of aryl methyl sites for hydroxylation is 1. The Hall–Kier alpha value is -3.26. The smallest absolute Gasteiger partial charge is 0.303 e. The van der Waals surface area contributed by atoms with E-state index in [9.17, 15) is 14.4 Å². The average molecular weight is 497 g/mol. The number of carboxylic acid groups (broad SMARTS) is 1. The van der Waals surface area contributed by atoms with E-state index < -0.39 is 17.9 Å². The molecule has 0 spiro atoms. The molecule has 2 amide bonds. The molecule has 2 aromatic carbocycles. The Balaban J connectivity index is 1.63. The number of nitrogens with one attached hydrogen (secondary N) is 1. The van der Waals surface area contributed by atoms with Crippen LogP contribution in [0.1, 0.15) is 73.4 Å². The first kappa shape index (κ1) is 25.8. The normalized spacial score (nSPS) is 17.9. The summed E-state index contributed by atoms with van der Waals surface area (Å²) < 4.78 is 20.3. The Morgan fingerprint density at radius 1 is 1.14 bits per heavy atom. The molecule has 8 heteroatoms. The monoisotopic (exact) mass is 496 g/mol. The fourth-order valence-electron chi connectivity index (χ4n) is 5.50. The number of amides is 2. The molecule has 192 valence electrons. The van der Waals surface area contributed by atoms with Crippen LogP contribution in [-0.2, 0) is 44.0 Å². The van der Waals surface area contributed by atoms with Crippen LogP contribution in [0.4, 0.5) is 10.1 Å². The lowest BCUT2D eigenvalue weighted by Gasteiger charge is -2.37. The summed E-state index contributed by atoms with van der Waals surface area (Å²) in [7, 11) is 1.62. The standard InChI is InChI=1S/C28H33FN2O5/c1-28(2)11-9-19-14-20(15-22(29)25(19)28)30-27(35)26-21-8-7-17(16-36-3)13-18(21)10-12-31(26)23(32)5-4-6-24(33)34/h7-8,13-15,26H,4-6,9-12,16H2,1-3H3,(H,30,35)(H,33,34)/t26-/m1/s1. The summed E-state index contributed by atoms with van der Waals surface area (Å²) >= 11 is 0. The number of ether oxygens (including phenoxy) is 1. The second-order valence-electron chi connectivity index (χ2n) is 10.3. The summed E-state index contributed by atoms with van der Waals surface area (Å²) in [6.45, 7) is 4.81. The third-order valence-corrected chi connectivity index (χ3v) is 7.23. The highest BCUT2D eigenvalue weighted by Gasteiger charge is 2.37. The summed E-state index contributed by atoms with van der Waals surface area (Å²) in [6, 6.07) is 8.00. The maximum absolute atomic E-state index is 15.0. The van der Waals surface area contributed by atoms with Crippen LogP contribution in [0.2, 0.25) is 0 Å². The molecule has 0 radical (unpaired) electrons. The van der Waals surface area contributed by atoms with Crippen LogP contribution in [-0.4, -0.2) is 41.4 Å². The van der Waals surface area contributed by atoms with Gasteiger partial charge in [0, 0.05) is 32.2 Å². The zero-order chi connectivity index (χ0) is 26.0. The molecular formula is C28H33FN2O5. The first-order valence-electron chi connectivity index (χ1n) is 12.4. The van der Waals surface area contributed by atoms with E-state index in [0.717, 1.165) is 29.5 Å². The van der Waals surface area contributed by atoms with E-state index in [1.165, 1.54) is 11.0 Å². The van der Waals surface area contributed by atoms with Gasteiger partial charge in [0.05, 0.1) is 6.61 Å². The van der Waals surface area contributed by atoms with Crippen molar-refractivity contribution in [1.82, 2.24) is 4.90 Å². The molecule has 36 heavy (non-hydrogen) atoms. The van der Waals surface area contributed by atoms with Crippen molar-refractivity contribution in [3.05, 3.63) is 64.0 Å². The Morgan fingerprint density at radius 3 is 2.64 bits per heavy atom. The molecule has 1 atom stereocenters. The third kappa shape index (κ3) is 5.28. The van der Waals surface area contributed by atoms with Gasteiger partial charge >= 0.3 is 5.97 Å². The van der Waals surface area contributed by atoms with Crippen molar-refractivity contribution in [1.29, 1.82) is 0 Å². The maximum Gasteiger partial charge on any atom is 0.303 e. The van der Waals surface area contributed by atoms with Crippen molar-refractivity contribution < 1.29 is 28.6 Å². The van der Waals surface area contributed by atoms with Crippen LogP contribution in [0.25, 0.3) is 0 Å². The summed E-state index contributed by atoms with van der Waals surface area (Å²) in [5.41, 5.74) is 4.36. The predicted molar refractivity (Wildman–Crippen MR) is 133 cm³/mol. The number of anilines is 1.